The van der Waals surface area contributed by atoms with Crippen molar-refractivity contribution in [3.8, 4) is 33.4 Å². The van der Waals surface area contributed by atoms with Gasteiger partial charge >= 0.3 is 0 Å². The molecule has 0 unspecified atom stereocenters. The fourth-order valence-electron chi connectivity index (χ4n) is 6.91. The Morgan fingerprint density at radius 1 is 0.451 bits per heavy atom. The maximum absolute atomic E-state index is 9.24. The van der Waals surface area contributed by atoms with Gasteiger partial charge in [-0.05, 0) is 76.3 Å². The molecule has 2 nitrogen and oxygen atoms in total. The van der Waals surface area contributed by atoms with Crippen molar-refractivity contribution >= 4 is 70.5 Å². The maximum Gasteiger partial charge on any atom is 0.136 e. The number of nitrogens with zero attached hydrogens (tertiary/aromatic N) is 1. The zero-order valence-electron chi connectivity index (χ0n) is 34.1. The Labute approximate surface area is 309 Å². The molecule has 10 aromatic rings. The molecule has 2 aromatic heterocycles. The molecule has 51 heavy (non-hydrogen) atoms. The predicted octanol–water partition coefficient (Wildman–Crippen LogP) is 14.4. The lowest BCUT2D eigenvalue weighted by Crippen LogP contribution is -2.11. The second kappa shape index (κ2) is 12.2. The largest absolute Gasteiger partial charge is 0.456 e. The summed E-state index contributed by atoms with van der Waals surface area (Å²) < 4.78 is 68.9. The number of para-hydroxylation sites is 1. The fourth-order valence-corrected chi connectivity index (χ4v) is 8.15. The minimum atomic E-state index is -0.461. The van der Waals surface area contributed by atoms with Crippen molar-refractivity contribution in [2.24, 2.45) is 0 Å². The first-order chi connectivity index (χ1) is 28.2. The summed E-state index contributed by atoms with van der Waals surface area (Å²) in [6.07, 6.45) is 0. The van der Waals surface area contributed by atoms with E-state index in [0.29, 0.717) is 5.56 Å². The molecule has 0 aliphatic heterocycles. The van der Waals surface area contributed by atoms with E-state index in [4.69, 9.17) is 12.6 Å². The highest BCUT2D eigenvalue weighted by molar-refractivity contribution is 7.26. The Hall–Kier alpha value is -6.42. The van der Waals surface area contributed by atoms with Gasteiger partial charge in [-0.15, -0.1) is 11.3 Å². The highest BCUT2D eigenvalue weighted by atomic mass is 32.1. The maximum atomic E-state index is 9.24. The van der Waals surface area contributed by atoms with Gasteiger partial charge in [0.25, 0.3) is 0 Å². The van der Waals surface area contributed by atoms with Gasteiger partial charge in [-0.1, -0.05) is 139 Å². The third-order valence-electron chi connectivity index (χ3n) is 9.36. The Morgan fingerprint density at radius 2 is 1.06 bits per heavy atom. The van der Waals surface area contributed by atoms with E-state index in [1.54, 1.807) is 11.3 Å². The standard InChI is InChI=1S/C48H31NOS/c1-3-11-32(12-4-1)33-19-24-37(25-20-33)49(38-26-21-34(22-27-38)36-23-28-41-40-15-7-9-17-44(40)50-45(41)31-36)47-39(35-13-5-2-6-14-35)29-30-43-42-16-8-10-18-46(42)51-48(43)47/h1-31H/i7D,9D,15D,17D,23D,28D,31D. The Balaban J connectivity index is 1.19. The SMILES string of the molecule is [2H]c1c([2H])c([2H])c2c(oc3c([2H])c(-c4ccc(N(c5ccc(-c6ccccc6)cc5)c5c(-c6ccccc6)ccc6c5sc5ccccc56)cc4)c([2H])c([2H])c32)c1[2H]. The molecule has 0 N–H and O–H groups in total. The number of rotatable bonds is 6. The van der Waals surface area contributed by atoms with Gasteiger partial charge in [0.05, 0.1) is 20.0 Å². The first-order valence-corrected chi connectivity index (χ1v) is 17.5. The summed E-state index contributed by atoms with van der Waals surface area (Å²) >= 11 is 1.75. The molecule has 0 fully saturated rings. The van der Waals surface area contributed by atoms with Crippen LogP contribution in [-0.4, -0.2) is 0 Å². The minimum absolute atomic E-state index is 0.00783. The molecule has 0 saturated heterocycles. The van der Waals surface area contributed by atoms with Gasteiger partial charge in [0.1, 0.15) is 11.2 Å². The molecule has 8 aromatic carbocycles. The Kier molecular flexibility index (Phi) is 5.50. The van der Waals surface area contributed by atoms with Crippen LogP contribution in [0, 0.1) is 0 Å². The summed E-state index contributed by atoms with van der Waals surface area (Å²) in [6, 6.07) is 47.3. The molecule has 0 spiro atoms. The Bertz CT molecular complexity index is 3240. The predicted molar refractivity (Wildman–Crippen MR) is 218 cm³/mol. The fraction of sp³-hybridized carbons (Fsp3) is 0. The van der Waals surface area contributed by atoms with Gasteiger partial charge in [-0.25, -0.2) is 0 Å². The summed E-state index contributed by atoms with van der Waals surface area (Å²) in [5.74, 6) is 0. The van der Waals surface area contributed by atoms with Crippen LogP contribution in [0.4, 0.5) is 17.1 Å². The molecular weight excluding hydrogens is 639 g/mol. The number of thiophene rings is 1. The lowest BCUT2D eigenvalue weighted by molar-refractivity contribution is 0.669. The molecule has 0 radical (unpaired) electrons. The van der Waals surface area contributed by atoms with Gasteiger partial charge in [0.2, 0.25) is 0 Å². The normalized spacial score (nSPS) is 13.5. The molecular formula is C48H31NOS. The van der Waals surface area contributed by atoms with E-state index >= 15 is 0 Å². The van der Waals surface area contributed by atoms with Crippen LogP contribution in [0.2, 0.25) is 0 Å². The van der Waals surface area contributed by atoms with Crippen LogP contribution in [0.25, 0.3) is 75.5 Å². The average Bonchev–Trinajstić information content (AvgIpc) is 3.86. The van der Waals surface area contributed by atoms with Crippen molar-refractivity contribution in [3.63, 3.8) is 0 Å². The summed E-state index contributed by atoms with van der Waals surface area (Å²) in [4.78, 5) is 2.27. The number of furan rings is 1. The molecule has 0 atom stereocenters. The van der Waals surface area contributed by atoms with Crippen molar-refractivity contribution in [3.05, 3.63) is 188 Å². The first-order valence-electron chi connectivity index (χ1n) is 20.2. The zero-order chi connectivity index (χ0) is 39.8. The van der Waals surface area contributed by atoms with Crippen LogP contribution in [0.15, 0.2) is 192 Å². The van der Waals surface area contributed by atoms with Crippen LogP contribution in [0.1, 0.15) is 9.60 Å². The van der Waals surface area contributed by atoms with Crippen molar-refractivity contribution in [2.45, 2.75) is 0 Å². The quantitative estimate of drug-likeness (QED) is 0.174. The van der Waals surface area contributed by atoms with Crippen LogP contribution >= 0.6 is 11.3 Å². The molecule has 240 valence electrons. The van der Waals surface area contributed by atoms with Crippen LogP contribution in [-0.2, 0) is 0 Å². The van der Waals surface area contributed by atoms with E-state index in [0.717, 1.165) is 49.4 Å². The van der Waals surface area contributed by atoms with Crippen LogP contribution in [0.3, 0.4) is 0 Å². The van der Waals surface area contributed by atoms with Crippen molar-refractivity contribution in [1.82, 2.24) is 0 Å². The van der Waals surface area contributed by atoms with Gasteiger partial charge in [0, 0.05) is 43.2 Å². The molecule has 2 heterocycles. The van der Waals surface area contributed by atoms with Gasteiger partial charge < -0.3 is 9.32 Å². The van der Waals surface area contributed by atoms with Gasteiger partial charge in [0.15, 0.2) is 0 Å². The summed E-state index contributed by atoms with van der Waals surface area (Å²) in [5.41, 5.74) is 7.66. The van der Waals surface area contributed by atoms with E-state index in [1.165, 1.54) is 10.1 Å². The highest BCUT2D eigenvalue weighted by Crippen LogP contribution is 2.50. The third-order valence-corrected chi connectivity index (χ3v) is 10.6. The summed E-state index contributed by atoms with van der Waals surface area (Å²) in [7, 11) is 0. The Morgan fingerprint density at radius 3 is 1.80 bits per heavy atom. The van der Waals surface area contributed by atoms with Crippen molar-refractivity contribution < 1.29 is 14.0 Å². The number of hydrogen-bond donors (Lipinski definition) is 0. The summed E-state index contributed by atoms with van der Waals surface area (Å²) in [5, 5.41) is 2.38. The van der Waals surface area contributed by atoms with Gasteiger partial charge in [-0.2, -0.15) is 0 Å². The lowest BCUT2D eigenvalue weighted by Gasteiger charge is -2.29. The van der Waals surface area contributed by atoms with E-state index in [9.17, 15) is 1.37 Å². The van der Waals surface area contributed by atoms with Crippen molar-refractivity contribution in [2.75, 3.05) is 4.90 Å². The van der Waals surface area contributed by atoms with E-state index in [-0.39, 0.29) is 57.7 Å². The molecule has 10 rings (SSSR count). The van der Waals surface area contributed by atoms with E-state index < -0.39 is 12.1 Å². The number of anilines is 3. The molecule has 0 aliphatic carbocycles. The number of fused-ring (bicyclic) bond motifs is 6. The van der Waals surface area contributed by atoms with E-state index in [2.05, 4.69) is 89.8 Å². The van der Waals surface area contributed by atoms with Crippen LogP contribution < -0.4 is 4.90 Å². The second-order valence-electron chi connectivity index (χ2n) is 12.4. The van der Waals surface area contributed by atoms with Crippen LogP contribution in [0.5, 0.6) is 0 Å². The smallest absolute Gasteiger partial charge is 0.136 e. The second-order valence-corrected chi connectivity index (χ2v) is 13.4. The molecule has 0 bridgehead atoms. The topological polar surface area (TPSA) is 16.4 Å². The minimum Gasteiger partial charge on any atom is -0.456 e. The first kappa shape index (κ1) is 23.1. The van der Waals surface area contributed by atoms with Crippen molar-refractivity contribution in [1.29, 1.82) is 0 Å². The average molecular weight is 677 g/mol. The monoisotopic (exact) mass is 676 g/mol. The number of hydrogen-bond acceptors (Lipinski definition) is 3. The summed E-state index contributed by atoms with van der Waals surface area (Å²) in [6.45, 7) is 0. The molecule has 0 saturated carbocycles. The highest BCUT2D eigenvalue weighted by Gasteiger charge is 2.23. The molecule has 0 amide bonds. The molecule has 3 heteroatoms. The van der Waals surface area contributed by atoms with Gasteiger partial charge in [-0.3, -0.25) is 0 Å². The zero-order valence-corrected chi connectivity index (χ0v) is 27.9. The number of benzene rings is 8. The van der Waals surface area contributed by atoms with E-state index in [1.807, 2.05) is 60.7 Å². The third kappa shape index (κ3) is 5.10. The lowest BCUT2D eigenvalue weighted by atomic mass is 9.98. The molecule has 0 aliphatic rings.